The first-order valence-electron chi connectivity index (χ1n) is 10.7. The summed E-state index contributed by atoms with van der Waals surface area (Å²) in [5, 5.41) is 7.10. The van der Waals surface area contributed by atoms with Gasteiger partial charge in [0.05, 0.1) is 10.5 Å². The second kappa shape index (κ2) is 11.3. The third-order valence-corrected chi connectivity index (χ3v) is 6.54. The molecule has 0 bridgehead atoms. The van der Waals surface area contributed by atoms with E-state index >= 15 is 0 Å². The Hall–Kier alpha value is -4.13. The molecule has 0 atom stereocenters. The fourth-order valence-corrected chi connectivity index (χ4v) is 4.44. The summed E-state index contributed by atoms with van der Waals surface area (Å²) in [6, 6.07) is 13.0. The zero-order valence-electron chi connectivity index (χ0n) is 19.3. The van der Waals surface area contributed by atoms with Crippen molar-refractivity contribution in [1.29, 1.82) is 0 Å². The second-order valence-electron chi connectivity index (χ2n) is 7.85. The monoisotopic (exact) mass is 538 g/mol. The van der Waals surface area contributed by atoms with Gasteiger partial charge in [0.1, 0.15) is 5.82 Å². The van der Waals surface area contributed by atoms with Crippen LogP contribution >= 0.6 is 0 Å². The first-order chi connectivity index (χ1) is 17.3. The molecule has 0 aliphatic rings. The maximum absolute atomic E-state index is 13.4. The van der Waals surface area contributed by atoms with Crippen molar-refractivity contribution < 1.29 is 35.6 Å². The fourth-order valence-electron chi connectivity index (χ4n) is 3.26. The number of aryl methyl sites for hydroxylation is 1. The molecule has 0 spiro atoms. The van der Waals surface area contributed by atoms with Gasteiger partial charge in [-0.2, -0.15) is 13.2 Å². The summed E-state index contributed by atoms with van der Waals surface area (Å²) in [5.41, 5.74) is -0.161. The van der Waals surface area contributed by atoms with Gasteiger partial charge in [-0.05, 0) is 60.9 Å². The van der Waals surface area contributed by atoms with E-state index in [0.29, 0.717) is 29.8 Å². The lowest BCUT2D eigenvalue weighted by atomic mass is 10.1. The van der Waals surface area contributed by atoms with Gasteiger partial charge in [0.15, 0.2) is 0 Å². The van der Waals surface area contributed by atoms with Crippen LogP contribution in [0.15, 0.2) is 71.6 Å². The number of hydrogen-bond donors (Lipinski definition) is 4. The minimum atomic E-state index is -4.90. The Kier molecular flexibility index (Phi) is 8.38. The minimum Gasteiger partial charge on any atom is -0.337 e. The molecule has 0 aliphatic carbocycles. The highest BCUT2D eigenvalue weighted by Crippen LogP contribution is 2.33. The van der Waals surface area contributed by atoms with E-state index in [1.807, 2.05) is 4.72 Å². The highest BCUT2D eigenvalue weighted by molar-refractivity contribution is 7.90. The molecule has 4 amide bonds. The maximum atomic E-state index is 13.4. The Bertz CT molecular complexity index is 1390. The Balaban J connectivity index is 1.48. The largest absolute Gasteiger partial charge is 0.419 e. The first-order valence-corrected chi connectivity index (χ1v) is 12.2. The summed E-state index contributed by atoms with van der Waals surface area (Å²) in [5.74, 6) is -1.45. The van der Waals surface area contributed by atoms with E-state index in [2.05, 4.69) is 16.0 Å². The van der Waals surface area contributed by atoms with Crippen LogP contribution in [0.2, 0.25) is 0 Å². The quantitative estimate of drug-likeness (QED) is 0.316. The second-order valence-corrected chi connectivity index (χ2v) is 9.50. The minimum absolute atomic E-state index is 0.00232. The molecule has 0 heterocycles. The Morgan fingerprint density at radius 3 is 2.14 bits per heavy atom. The van der Waals surface area contributed by atoms with Gasteiger partial charge in [-0.1, -0.05) is 30.3 Å². The molecule has 3 aromatic carbocycles. The smallest absolute Gasteiger partial charge is 0.337 e. The van der Waals surface area contributed by atoms with Crippen molar-refractivity contribution in [2.24, 2.45) is 0 Å². The Labute approximate surface area is 210 Å². The predicted molar refractivity (Wildman–Crippen MR) is 129 cm³/mol. The summed E-state index contributed by atoms with van der Waals surface area (Å²) in [7, 11) is -4.02. The van der Waals surface area contributed by atoms with E-state index in [9.17, 15) is 35.6 Å². The molecule has 0 saturated heterocycles. The number of amides is 4. The van der Waals surface area contributed by atoms with E-state index in [1.54, 1.807) is 37.3 Å². The average Bonchev–Trinajstić information content (AvgIpc) is 2.80. The van der Waals surface area contributed by atoms with Crippen molar-refractivity contribution in [3.63, 3.8) is 0 Å². The standard InChI is InChI=1S/C24H22F4N4O4S/c1-15-4-2-3-5-21(15)37(35,36)32-22(33)29-13-12-16-6-8-17(9-7-16)30-23(34)31-18-10-11-20(25)19(14-18)24(26,27)28/h2-11,14H,12-13H2,1H3,(H2,29,32,33)(H2,30,31,34). The summed E-state index contributed by atoms with van der Waals surface area (Å²) in [6.45, 7) is 1.73. The van der Waals surface area contributed by atoms with Crippen LogP contribution in [0.5, 0.6) is 0 Å². The van der Waals surface area contributed by atoms with Crippen molar-refractivity contribution in [3.8, 4) is 0 Å². The van der Waals surface area contributed by atoms with Crippen LogP contribution in [-0.4, -0.2) is 27.0 Å². The van der Waals surface area contributed by atoms with E-state index in [4.69, 9.17) is 0 Å². The molecule has 0 radical (unpaired) electrons. The summed E-state index contributed by atoms with van der Waals surface area (Å²) < 4.78 is 78.5. The third-order valence-electron chi connectivity index (χ3n) is 5.05. The van der Waals surface area contributed by atoms with Gasteiger partial charge < -0.3 is 16.0 Å². The normalized spacial score (nSPS) is 11.5. The lowest BCUT2D eigenvalue weighted by Gasteiger charge is -2.12. The molecule has 3 aromatic rings. The van der Waals surface area contributed by atoms with Crippen molar-refractivity contribution >= 4 is 33.5 Å². The van der Waals surface area contributed by atoms with Gasteiger partial charge >= 0.3 is 18.2 Å². The number of rotatable bonds is 7. The van der Waals surface area contributed by atoms with Crippen molar-refractivity contribution in [2.75, 3.05) is 17.2 Å². The van der Waals surface area contributed by atoms with Gasteiger partial charge in [0, 0.05) is 17.9 Å². The van der Waals surface area contributed by atoms with Gasteiger partial charge in [0.25, 0.3) is 10.0 Å². The molecule has 0 aromatic heterocycles. The Morgan fingerprint density at radius 1 is 0.865 bits per heavy atom. The topological polar surface area (TPSA) is 116 Å². The molecule has 0 unspecified atom stereocenters. The maximum Gasteiger partial charge on any atom is 0.419 e. The van der Waals surface area contributed by atoms with Crippen molar-refractivity contribution in [3.05, 3.63) is 89.2 Å². The number of sulfonamides is 1. The molecule has 0 aliphatic heterocycles. The zero-order valence-corrected chi connectivity index (χ0v) is 20.1. The van der Waals surface area contributed by atoms with Gasteiger partial charge in [-0.15, -0.1) is 0 Å². The number of alkyl halides is 3. The first kappa shape index (κ1) is 27.5. The number of benzene rings is 3. The molecule has 3 rings (SSSR count). The number of urea groups is 2. The number of nitrogens with one attached hydrogen (secondary N) is 4. The van der Waals surface area contributed by atoms with Crippen LogP contribution in [-0.2, 0) is 22.6 Å². The number of hydrogen-bond acceptors (Lipinski definition) is 4. The fraction of sp³-hybridized carbons (Fsp3) is 0.167. The van der Waals surface area contributed by atoms with E-state index in [0.717, 1.165) is 11.6 Å². The summed E-state index contributed by atoms with van der Waals surface area (Å²) in [4.78, 5) is 24.1. The number of carbonyl (C=O) groups excluding carboxylic acids is 2. The molecule has 13 heteroatoms. The molecular formula is C24H22F4N4O4S. The highest BCUT2D eigenvalue weighted by Gasteiger charge is 2.34. The van der Waals surface area contributed by atoms with Crippen LogP contribution in [0.4, 0.5) is 38.5 Å². The van der Waals surface area contributed by atoms with Crippen molar-refractivity contribution in [2.45, 2.75) is 24.4 Å². The zero-order chi connectivity index (χ0) is 27.2. The SMILES string of the molecule is Cc1ccccc1S(=O)(=O)NC(=O)NCCc1ccc(NC(=O)Nc2ccc(F)c(C(F)(F)F)c2)cc1. The molecule has 196 valence electrons. The number of halogens is 4. The van der Waals surface area contributed by atoms with Crippen LogP contribution in [0.25, 0.3) is 0 Å². The van der Waals surface area contributed by atoms with Crippen molar-refractivity contribution in [1.82, 2.24) is 10.0 Å². The third kappa shape index (κ3) is 7.67. The molecule has 0 fully saturated rings. The van der Waals surface area contributed by atoms with Crippen LogP contribution in [0.3, 0.4) is 0 Å². The molecule has 0 saturated carbocycles. The molecule has 37 heavy (non-hydrogen) atoms. The predicted octanol–water partition coefficient (Wildman–Crippen LogP) is 5.03. The molecule has 8 nitrogen and oxygen atoms in total. The van der Waals surface area contributed by atoms with Gasteiger partial charge in [0.2, 0.25) is 0 Å². The van der Waals surface area contributed by atoms with E-state index in [1.165, 1.54) is 18.2 Å². The highest BCUT2D eigenvalue weighted by atomic mass is 32.2. The van der Waals surface area contributed by atoms with E-state index in [-0.39, 0.29) is 17.1 Å². The lowest BCUT2D eigenvalue weighted by Crippen LogP contribution is -2.40. The van der Waals surface area contributed by atoms with Crippen LogP contribution < -0.4 is 20.7 Å². The van der Waals surface area contributed by atoms with Gasteiger partial charge in [-0.3, -0.25) is 0 Å². The Morgan fingerprint density at radius 2 is 1.49 bits per heavy atom. The average molecular weight is 539 g/mol. The molecular weight excluding hydrogens is 516 g/mol. The lowest BCUT2D eigenvalue weighted by molar-refractivity contribution is -0.139. The van der Waals surface area contributed by atoms with Gasteiger partial charge in [-0.25, -0.2) is 27.1 Å². The number of anilines is 2. The summed E-state index contributed by atoms with van der Waals surface area (Å²) in [6.07, 6.45) is -4.56. The van der Waals surface area contributed by atoms with Crippen LogP contribution in [0, 0.1) is 12.7 Å². The van der Waals surface area contributed by atoms with E-state index < -0.39 is 39.6 Å². The summed E-state index contributed by atoms with van der Waals surface area (Å²) >= 11 is 0. The number of carbonyl (C=O) groups is 2. The molecule has 4 N–H and O–H groups in total. The van der Waals surface area contributed by atoms with Crippen LogP contribution in [0.1, 0.15) is 16.7 Å².